The fourth-order valence-electron chi connectivity index (χ4n) is 2.77. The zero-order chi connectivity index (χ0) is 17.4. The van der Waals surface area contributed by atoms with Gasteiger partial charge in [-0.15, -0.1) is 5.10 Å². The SMILES string of the molecule is N#CC1=C(N)n2nc(-c3ccccc3)nc2NC1c1ccc(Cl)cc1. The lowest BCUT2D eigenvalue weighted by atomic mass is 9.98. The fourth-order valence-corrected chi connectivity index (χ4v) is 2.90. The molecule has 1 aromatic heterocycles. The smallest absolute Gasteiger partial charge is 0.228 e. The maximum absolute atomic E-state index is 9.58. The van der Waals surface area contributed by atoms with Crippen molar-refractivity contribution in [3.8, 4) is 17.5 Å². The zero-order valence-corrected chi connectivity index (χ0v) is 13.8. The second kappa shape index (κ2) is 5.96. The molecule has 0 bridgehead atoms. The Morgan fingerprint density at radius 2 is 1.84 bits per heavy atom. The first kappa shape index (κ1) is 15.2. The van der Waals surface area contributed by atoms with Gasteiger partial charge in [0.05, 0.1) is 11.6 Å². The minimum atomic E-state index is -0.400. The lowest BCUT2D eigenvalue weighted by molar-refractivity contribution is 0.795. The number of nitrogens with one attached hydrogen (secondary N) is 1. The van der Waals surface area contributed by atoms with E-state index in [1.807, 2.05) is 42.5 Å². The van der Waals surface area contributed by atoms with Gasteiger partial charge in [0.1, 0.15) is 11.9 Å². The largest absolute Gasteiger partial charge is 0.383 e. The lowest BCUT2D eigenvalue weighted by Crippen LogP contribution is -2.27. The van der Waals surface area contributed by atoms with Crippen LogP contribution in [-0.4, -0.2) is 14.8 Å². The van der Waals surface area contributed by atoms with Crippen molar-refractivity contribution in [1.82, 2.24) is 14.8 Å². The molecule has 1 aliphatic heterocycles. The summed E-state index contributed by atoms with van der Waals surface area (Å²) in [6, 6.07) is 18.6. The van der Waals surface area contributed by atoms with Crippen LogP contribution in [0.1, 0.15) is 11.6 Å². The lowest BCUT2D eigenvalue weighted by Gasteiger charge is -2.25. The first-order chi connectivity index (χ1) is 12.2. The van der Waals surface area contributed by atoms with Crippen LogP contribution < -0.4 is 11.1 Å². The first-order valence-electron chi connectivity index (χ1n) is 7.62. The third kappa shape index (κ3) is 2.61. The number of nitriles is 1. The highest BCUT2D eigenvalue weighted by molar-refractivity contribution is 6.30. The van der Waals surface area contributed by atoms with E-state index in [1.54, 1.807) is 12.1 Å². The molecule has 0 saturated carbocycles. The van der Waals surface area contributed by atoms with Gasteiger partial charge in [0.2, 0.25) is 5.95 Å². The Morgan fingerprint density at radius 3 is 2.52 bits per heavy atom. The number of hydrogen-bond acceptors (Lipinski definition) is 5. The van der Waals surface area contributed by atoms with Crippen molar-refractivity contribution < 1.29 is 0 Å². The maximum Gasteiger partial charge on any atom is 0.228 e. The number of benzene rings is 2. The van der Waals surface area contributed by atoms with Gasteiger partial charge in [-0.2, -0.15) is 14.9 Å². The molecule has 3 N–H and O–H groups in total. The monoisotopic (exact) mass is 348 g/mol. The Kier molecular flexibility index (Phi) is 3.64. The van der Waals surface area contributed by atoms with Crippen LogP contribution in [0.25, 0.3) is 17.2 Å². The molecule has 3 aromatic rings. The van der Waals surface area contributed by atoms with Crippen LogP contribution in [-0.2, 0) is 0 Å². The molecule has 0 radical (unpaired) electrons. The molecule has 0 fully saturated rings. The number of halogens is 1. The molecule has 6 nitrogen and oxygen atoms in total. The van der Waals surface area contributed by atoms with E-state index in [9.17, 15) is 5.26 Å². The molecule has 122 valence electrons. The summed E-state index contributed by atoms with van der Waals surface area (Å²) in [5, 5.41) is 17.9. The number of nitrogens with two attached hydrogens (primary N) is 1. The van der Waals surface area contributed by atoms with Gasteiger partial charge in [-0.25, -0.2) is 0 Å². The summed E-state index contributed by atoms with van der Waals surface area (Å²) in [5.41, 5.74) is 8.34. The second-order valence-corrected chi connectivity index (χ2v) is 6.01. The van der Waals surface area contributed by atoms with Crippen LogP contribution in [0, 0.1) is 11.3 Å². The minimum absolute atomic E-state index is 0.269. The third-order valence-corrected chi connectivity index (χ3v) is 4.28. The molecule has 0 amide bonds. The van der Waals surface area contributed by atoms with Gasteiger partial charge >= 0.3 is 0 Å². The predicted octanol–water partition coefficient (Wildman–Crippen LogP) is 3.42. The molecule has 0 spiro atoms. The van der Waals surface area contributed by atoms with Gasteiger partial charge in [-0.1, -0.05) is 54.1 Å². The van der Waals surface area contributed by atoms with Gasteiger partial charge in [-0.05, 0) is 17.7 Å². The Hall–Kier alpha value is -3.30. The Morgan fingerprint density at radius 1 is 1.12 bits per heavy atom. The van der Waals surface area contributed by atoms with E-state index in [4.69, 9.17) is 17.3 Å². The highest BCUT2D eigenvalue weighted by Crippen LogP contribution is 2.34. The van der Waals surface area contributed by atoms with Gasteiger partial charge < -0.3 is 11.1 Å². The second-order valence-electron chi connectivity index (χ2n) is 5.58. The zero-order valence-electron chi connectivity index (χ0n) is 13.0. The quantitative estimate of drug-likeness (QED) is 0.740. The maximum atomic E-state index is 9.58. The summed E-state index contributed by atoms with van der Waals surface area (Å²) in [7, 11) is 0. The molecular formula is C18H13ClN6. The van der Waals surface area contributed by atoms with Crippen molar-refractivity contribution >= 4 is 23.4 Å². The summed E-state index contributed by atoms with van der Waals surface area (Å²) in [4.78, 5) is 4.52. The Labute approximate surface area is 149 Å². The summed E-state index contributed by atoms with van der Waals surface area (Å²) < 4.78 is 1.47. The van der Waals surface area contributed by atoms with E-state index in [0.29, 0.717) is 22.4 Å². The molecule has 2 heterocycles. The number of rotatable bonds is 2. The molecule has 1 atom stereocenters. The van der Waals surface area contributed by atoms with Crippen LogP contribution in [0.4, 0.5) is 5.95 Å². The average molecular weight is 349 g/mol. The van der Waals surface area contributed by atoms with Crippen LogP contribution in [0.2, 0.25) is 5.02 Å². The van der Waals surface area contributed by atoms with Crippen LogP contribution in [0.5, 0.6) is 0 Å². The van der Waals surface area contributed by atoms with Crippen molar-refractivity contribution in [1.29, 1.82) is 5.26 Å². The van der Waals surface area contributed by atoms with Gasteiger partial charge in [-0.3, -0.25) is 0 Å². The van der Waals surface area contributed by atoms with Gasteiger partial charge in [0.15, 0.2) is 5.82 Å². The number of anilines is 1. The molecular weight excluding hydrogens is 336 g/mol. The third-order valence-electron chi connectivity index (χ3n) is 4.03. The van der Waals surface area contributed by atoms with E-state index in [1.165, 1.54) is 4.68 Å². The molecule has 25 heavy (non-hydrogen) atoms. The molecule has 2 aromatic carbocycles. The highest BCUT2D eigenvalue weighted by atomic mass is 35.5. The standard InChI is InChI=1S/C18H13ClN6/c19-13-8-6-11(7-9-13)15-14(10-20)16(21)25-18(22-15)23-17(24-25)12-4-2-1-3-5-12/h1-9,15H,21H2,(H,22,23,24). The molecule has 4 rings (SSSR count). The first-order valence-corrected chi connectivity index (χ1v) is 8.00. The van der Waals surface area contributed by atoms with Crippen molar-refractivity contribution in [2.75, 3.05) is 5.32 Å². The van der Waals surface area contributed by atoms with Crippen LogP contribution in [0.15, 0.2) is 60.2 Å². The number of aromatic nitrogens is 3. The van der Waals surface area contributed by atoms with Gasteiger partial charge in [0.25, 0.3) is 0 Å². The Bertz CT molecular complexity index is 998. The molecule has 1 aliphatic rings. The van der Waals surface area contributed by atoms with E-state index in [0.717, 1.165) is 11.1 Å². The van der Waals surface area contributed by atoms with Crippen molar-refractivity contribution in [2.24, 2.45) is 5.73 Å². The molecule has 7 heteroatoms. The van der Waals surface area contributed by atoms with E-state index in [-0.39, 0.29) is 5.82 Å². The summed E-state index contributed by atoms with van der Waals surface area (Å²) >= 11 is 5.95. The molecule has 1 unspecified atom stereocenters. The van der Waals surface area contributed by atoms with Gasteiger partial charge in [0, 0.05) is 10.6 Å². The summed E-state index contributed by atoms with van der Waals surface area (Å²) in [6.07, 6.45) is 0. The fraction of sp³-hybridized carbons (Fsp3) is 0.0556. The van der Waals surface area contributed by atoms with Crippen LogP contribution in [0.3, 0.4) is 0 Å². The minimum Gasteiger partial charge on any atom is -0.383 e. The number of fused-ring (bicyclic) bond motifs is 1. The van der Waals surface area contributed by atoms with E-state index in [2.05, 4.69) is 21.5 Å². The number of nitrogens with zero attached hydrogens (tertiary/aromatic N) is 4. The topological polar surface area (TPSA) is 92.5 Å². The van der Waals surface area contributed by atoms with Crippen molar-refractivity contribution in [3.63, 3.8) is 0 Å². The number of hydrogen-bond donors (Lipinski definition) is 2. The molecule has 0 saturated heterocycles. The van der Waals surface area contributed by atoms with Crippen molar-refractivity contribution in [2.45, 2.75) is 6.04 Å². The normalized spacial score (nSPS) is 16.1. The Balaban J connectivity index is 1.80. The van der Waals surface area contributed by atoms with Crippen LogP contribution >= 0.6 is 11.6 Å². The summed E-state index contributed by atoms with van der Waals surface area (Å²) in [6.45, 7) is 0. The van der Waals surface area contributed by atoms with Crippen molar-refractivity contribution in [3.05, 3.63) is 70.8 Å². The van der Waals surface area contributed by atoms with E-state index < -0.39 is 6.04 Å². The van der Waals surface area contributed by atoms with E-state index >= 15 is 0 Å². The summed E-state index contributed by atoms with van der Waals surface area (Å²) in [5.74, 6) is 1.31. The highest BCUT2D eigenvalue weighted by Gasteiger charge is 2.29. The molecule has 0 aliphatic carbocycles. The predicted molar refractivity (Wildman–Crippen MR) is 96.3 cm³/mol. The average Bonchev–Trinajstić information content (AvgIpc) is 3.08.